The van der Waals surface area contributed by atoms with Gasteiger partial charge in [-0.3, -0.25) is 9.78 Å². The number of amides is 1. The molecule has 6 rings (SSSR count). The van der Waals surface area contributed by atoms with Crippen LogP contribution in [0.2, 0.25) is 10.0 Å². The second kappa shape index (κ2) is 8.32. The maximum absolute atomic E-state index is 13.8. The van der Waals surface area contributed by atoms with E-state index in [1.165, 1.54) is 0 Å². The van der Waals surface area contributed by atoms with Crippen LogP contribution in [-0.4, -0.2) is 40.0 Å². The van der Waals surface area contributed by atoms with E-state index in [-0.39, 0.29) is 24.5 Å². The smallest absolute Gasteiger partial charge is 0.293 e. The number of rotatable bonds is 2. The summed E-state index contributed by atoms with van der Waals surface area (Å²) < 4.78 is 11.9. The number of nitrogens with zero attached hydrogens (tertiary/aromatic N) is 4. The third-order valence-corrected chi connectivity index (χ3v) is 7.14. The molecule has 8 nitrogen and oxygen atoms in total. The quantitative estimate of drug-likeness (QED) is 0.398. The Labute approximate surface area is 211 Å². The van der Waals surface area contributed by atoms with Gasteiger partial charge in [0.2, 0.25) is 0 Å². The predicted molar refractivity (Wildman–Crippen MR) is 134 cm³/mol. The zero-order chi connectivity index (χ0) is 24.3. The molecule has 0 aliphatic carbocycles. The average Bonchev–Trinajstić information content (AvgIpc) is 3.23. The molecule has 2 aromatic carbocycles. The lowest BCUT2D eigenvalue weighted by molar-refractivity contribution is -0.141. The normalized spacial score (nSPS) is 19.3. The van der Waals surface area contributed by atoms with Crippen LogP contribution >= 0.6 is 23.2 Å². The van der Waals surface area contributed by atoms with Gasteiger partial charge in [0.15, 0.2) is 11.7 Å². The van der Waals surface area contributed by atoms with Gasteiger partial charge in [-0.2, -0.15) is 4.98 Å². The highest BCUT2D eigenvalue weighted by Gasteiger charge is 2.39. The largest absolute Gasteiger partial charge is 0.476 e. The second-order valence-electron chi connectivity index (χ2n) is 8.66. The lowest BCUT2D eigenvalue weighted by Gasteiger charge is -2.41. The van der Waals surface area contributed by atoms with Crippen molar-refractivity contribution < 1.29 is 13.9 Å². The van der Waals surface area contributed by atoms with E-state index >= 15 is 0 Å². The van der Waals surface area contributed by atoms with Gasteiger partial charge in [0.05, 0.1) is 30.7 Å². The molecule has 2 aliphatic rings. The number of nitrogens with two attached hydrogens (primary N) is 1. The van der Waals surface area contributed by atoms with Crippen molar-refractivity contribution in [3.05, 3.63) is 70.0 Å². The van der Waals surface area contributed by atoms with Gasteiger partial charge < -0.3 is 24.7 Å². The number of aromatic nitrogens is 2. The summed E-state index contributed by atoms with van der Waals surface area (Å²) in [5.41, 5.74) is 10.3. The molecule has 0 saturated heterocycles. The number of oxazole rings is 1. The molecule has 35 heavy (non-hydrogen) atoms. The fraction of sp³-hybridized carbons (Fsp3) is 0.240. The Balaban J connectivity index is 1.37. The van der Waals surface area contributed by atoms with Gasteiger partial charge in [0, 0.05) is 16.6 Å². The monoisotopic (exact) mass is 509 g/mol. The Morgan fingerprint density at radius 1 is 1.17 bits per heavy atom. The molecule has 1 unspecified atom stereocenters. The topological polar surface area (TPSA) is 97.7 Å². The van der Waals surface area contributed by atoms with Crippen molar-refractivity contribution in [1.82, 2.24) is 14.9 Å². The molecule has 2 N–H and O–H groups in total. The number of ether oxygens (including phenoxy) is 1. The zero-order valence-electron chi connectivity index (χ0n) is 18.7. The highest BCUT2D eigenvalue weighted by atomic mass is 35.5. The molecule has 178 valence electrons. The van der Waals surface area contributed by atoms with Crippen LogP contribution < -0.4 is 15.4 Å². The first-order chi connectivity index (χ1) is 16.9. The number of fused-ring (bicyclic) bond motifs is 3. The van der Waals surface area contributed by atoms with E-state index in [2.05, 4.69) is 9.97 Å². The van der Waals surface area contributed by atoms with Gasteiger partial charge in [-0.05, 0) is 48.7 Å². The van der Waals surface area contributed by atoms with E-state index < -0.39 is 6.10 Å². The fourth-order valence-corrected chi connectivity index (χ4v) is 5.72. The van der Waals surface area contributed by atoms with Crippen molar-refractivity contribution in [2.45, 2.75) is 25.5 Å². The number of carbonyl (C=O) groups is 1. The number of anilines is 3. The first-order valence-corrected chi connectivity index (χ1v) is 12.0. The number of carbonyl (C=O) groups excluding carboxylic acids is 1. The lowest BCUT2D eigenvalue weighted by atomic mass is 9.93. The first-order valence-electron chi connectivity index (χ1n) is 11.2. The molecular formula is C25H21Cl2N5O3. The van der Waals surface area contributed by atoms with Crippen LogP contribution in [0.4, 0.5) is 17.4 Å². The zero-order valence-corrected chi connectivity index (χ0v) is 20.3. The van der Waals surface area contributed by atoms with E-state index in [0.29, 0.717) is 45.5 Å². The summed E-state index contributed by atoms with van der Waals surface area (Å²) >= 11 is 12.7. The number of pyridine rings is 1. The molecule has 0 saturated carbocycles. The van der Waals surface area contributed by atoms with Gasteiger partial charge >= 0.3 is 0 Å². The third-order valence-electron chi connectivity index (χ3n) is 6.61. The fourth-order valence-electron chi connectivity index (χ4n) is 5.03. The van der Waals surface area contributed by atoms with Crippen LogP contribution in [0, 0.1) is 0 Å². The summed E-state index contributed by atoms with van der Waals surface area (Å²) in [6.07, 6.45) is 3.19. The van der Waals surface area contributed by atoms with Gasteiger partial charge in [0.25, 0.3) is 11.9 Å². The van der Waals surface area contributed by atoms with Crippen molar-refractivity contribution in [2.75, 3.05) is 23.7 Å². The van der Waals surface area contributed by atoms with Crippen LogP contribution in [0.1, 0.15) is 24.1 Å². The summed E-state index contributed by atoms with van der Waals surface area (Å²) in [7, 11) is 0. The Hall–Kier alpha value is -3.49. The molecule has 2 aliphatic heterocycles. The van der Waals surface area contributed by atoms with E-state index in [9.17, 15) is 4.79 Å². The summed E-state index contributed by atoms with van der Waals surface area (Å²) in [5, 5.41) is 1.16. The van der Waals surface area contributed by atoms with Crippen molar-refractivity contribution in [3.63, 3.8) is 0 Å². The SMILES string of the molecule is C[C@H]1c2c(Cl)cc(Cl)cc2CCN1C(=O)C1CN(c2cncc3nc(N)oc23)c2ccccc2O1. The minimum Gasteiger partial charge on any atom is -0.476 e. The summed E-state index contributed by atoms with van der Waals surface area (Å²) in [6.45, 7) is 2.79. The maximum Gasteiger partial charge on any atom is 0.293 e. The molecule has 0 bridgehead atoms. The second-order valence-corrected chi connectivity index (χ2v) is 9.51. The average molecular weight is 510 g/mol. The first kappa shape index (κ1) is 22.0. The highest BCUT2D eigenvalue weighted by molar-refractivity contribution is 6.35. The summed E-state index contributed by atoms with van der Waals surface area (Å²) in [6, 6.07) is 11.0. The van der Waals surface area contributed by atoms with Crippen LogP contribution in [-0.2, 0) is 11.2 Å². The number of halogens is 2. The molecule has 10 heteroatoms. The van der Waals surface area contributed by atoms with Gasteiger partial charge in [-0.15, -0.1) is 0 Å². The molecule has 0 spiro atoms. The van der Waals surface area contributed by atoms with Crippen LogP contribution in [0.3, 0.4) is 0 Å². The predicted octanol–water partition coefficient (Wildman–Crippen LogP) is 5.16. The minimum atomic E-state index is -0.754. The molecular weight excluding hydrogens is 489 g/mol. The number of hydrogen-bond donors (Lipinski definition) is 1. The standard InChI is InChI=1S/C25H21Cl2N5O3/c1-13-22-14(8-15(26)9-16(22)27)6-7-31(13)24(33)21-12-32(18-4-2-3-5-20(18)34-21)19-11-29-10-17-23(19)35-25(28)30-17/h2-5,8-11,13,21H,6-7,12H2,1H3,(H2,28,30)/t13-,21?/m0/s1. The molecule has 2 atom stereocenters. The molecule has 4 heterocycles. The number of para-hydroxylation sites is 2. The summed E-state index contributed by atoms with van der Waals surface area (Å²) in [5.74, 6) is 0.474. The van der Waals surface area contributed by atoms with Crippen molar-refractivity contribution in [3.8, 4) is 5.75 Å². The third kappa shape index (κ3) is 3.64. The lowest BCUT2D eigenvalue weighted by Crippen LogP contribution is -2.51. The van der Waals surface area contributed by atoms with Crippen molar-refractivity contribution >= 4 is 57.6 Å². The van der Waals surface area contributed by atoms with Crippen LogP contribution in [0.25, 0.3) is 11.1 Å². The van der Waals surface area contributed by atoms with Crippen LogP contribution in [0.15, 0.2) is 53.2 Å². The summed E-state index contributed by atoms with van der Waals surface area (Å²) in [4.78, 5) is 26.1. The molecule has 1 amide bonds. The van der Waals surface area contributed by atoms with Crippen LogP contribution in [0.5, 0.6) is 5.75 Å². The van der Waals surface area contributed by atoms with E-state index in [1.807, 2.05) is 47.1 Å². The number of nitrogen functional groups attached to an aromatic ring is 1. The van der Waals surface area contributed by atoms with Crippen molar-refractivity contribution in [1.29, 1.82) is 0 Å². The Morgan fingerprint density at radius 2 is 2.00 bits per heavy atom. The van der Waals surface area contributed by atoms with Gasteiger partial charge in [0.1, 0.15) is 17.0 Å². The van der Waals surface area contributed by atoms with Gasteiger partial charge in [-0.1, -0.05) is 35.3 Å². The Morgan fingerprint density at radius 3 is 2.86 bits per heavy atom. The Kier molecular flexibility index (Phi) is 5.23. The van der Waals surface area contributed by atoms with E-state index in [0.717, 1.165) is 16.8 Å². The Bertz CT molecular complexity index is 1470. The van der Waals surface area contributed by atoms with Gasteiger partial charge in [-0.25, -0.2) is 0 Å². The van der Waals surface area contributed by atoms with E-state index in [1.54, 1.807) is 18.5 Å². The molecule has 0 radical (unpaired) electrons. The maximum atomic E-state index is 13.8. The van der Waals surface area contributed by atoms with Crippen molar-refractivity contribution in [2.24, 2.45) is 0 Å². The van der Waals surface area contributed by atoms with E-state index in [4.69, 9.17) is 38.1 Å². The molecule has 2 aromatic heterocycles. The minimum absolute atomic E-state index is 0.0567. The molecule has 4 aromatic rings. The highest BCUT2D eigenvalue weighted by Crippen LogP contribution is 2.42. The molecule has 0 fully saturated rings. The number of benzene rings is 2. The number of hydrogen-bond acceptors (Lipinski definition) is 7.